The van der Waals surface area contributed by atoms with Crippen molar-refractivity contribution in [2.75, 3.05) is 0 Å². The van der Waals surface area contributed by atoms with Crippen LogP contribution in [0.1, 0.15) is 41.5 Å². The smallest absolute Gasteiger partial charge is 0.378 e. The maximum Gasteiger partial charge on any atom is 0.378 e. The summed E-state index contributed by atoms with van der Waals surface area (Å²) in [4.78, 5) is 35.5. The zero-order chi connectivity index (χ0) is 20.7. The summed E-state index contributed by atoms with van der Waals surface area (Å²) in [7, 11) is 0. The topological polar surface area (TPSA) is 160 Å². The molecule has 148 valence electrons. The molecule has 1 unspecified atom stereocenters. The Labute approximate surface area is 150 Å². The largest absolute Gasteiger partial charge is 0.505 e. The lowest BCUT2D eigenvalue weighted by Gasteiger charge is -2.36. The minimum Gasteiger partial charge on any atom is -0.505 e. The van der Waals surface area contributed by atoms with E-state index in [0.29, 0.717) is 0 Å². The molecule has 0 spiro atoms. The minimum absolute atomic E-state index is 0.979. The average Bonchev–Trinajstić information content (AvgIpc) is 2.73. The van der Waals surface area contributed by atoms with E-state index in [1.54, 1.807) is 0 Å². The summed E-state index contributed by atoms with van der Waals surface area (Å²) in [5.74, 6) is -9.10. The molecule has 0 aromatic heterocycles. The van der Waals surface area contributed by atoms with Crippen LogP contribution in [0.5, 0.6) is 0 Å². The van der Waals surface area contributed by atoms with Gasteiger partial charge >= 0.3 is 23.7 Å². The molecule has 0 amide bonds. The molecular formula is C16H24O10. The number of hydrogen-bond donors (Lipinski definition) is 4. The number of hydrogen-bond acceptors (Lipinski definition) is 10. The van der Waals surface area contributed by atoms with Gasteiger partial charge in [0, 0.05) is 0 Å². The molecule has 0 radical (unpaired) electrons. The Kier molecular flexibility index (Phi) is 5.65. The maximum atomic E-state index is 12.2. The van der Waals surface area contributed by atoms with Crippen molar-refractivity contribution >= 4 is 17.9 Å². The molecule has 0 fully saturated rings. The number of ether oxygens (including phenoxy) is 3. The van der Waals surface area contributed by atoms with Crippen molar-refractivity contribution in [1.82, 2.24) is 0 Å². The predicted molar refractivity (Wildman–Crippen MR) is 84.2 cm³/mol. The van der Waals surface area contributed by atoms with Gasteiger partial charge in [0.05, 0.1) is 10.8 Å². The summed E-state index contributed by atoms with van der Waals surface area (Å²) >= 11 is 0. The van der Waals surface area contributed by atoms with Gasteiger partial charge < -0.3 is 34.6 Å². The first-order valence-corrected chi connectivity index (χ1v) is 7.70. The van der Waals surface area contributed by atoms with Crippen LogP contribution in [0.15, 0.2) is 11.5 Å². The Morgan fingerprint density at radius 2 is 1.50 bits per heavy atom. The summed E-state index contributed by atoms with van der Waals surface area (Å²) in [5, 5.41) is 40.1. The van der Waals surface area contributed by atoms with Gasteiger partial charge in [-0.1, -0.05) is 0 Å². The second-order valence-electron chi connectivity index (χ2n) is 7.92. The lowest BCUT2D eigenvalue weighted by atomic mass is 9.96. The van der Waals surface area contributed by atoms with Crippen LogP contribution >= 0.6 is 0 Å². The summed E-state index contributed by atoms with van der Waals surface area (Å²) in [6.07, 6.45) is -4.74. The third-order valence-corrected chi connectivity index (χ3v) is 3.34. The van der Waals surface area contributed by atoms with E-state index in [2.05, 4.69) is 4.74 Å². The minimum atomic E-state index is -3.20. The summed E-state index contributed by atoms with van der Waals surface area (Å²) < 4.78 is 14.1. The van der Waals surface area contributed by atoms with E-state index in [1.807, 2.05) is 0 Å². The predicted octanol–water partition coefficient (Wildman–Crippen LogP) is 0.425. The van der Waals surface area contributed by atoms with E-state index < -0.39 is 58.4 Å². The molecule has 0 aromatic carbocycles. The Morgan fingerprint density at radius 1 is 1.04 bits per heavy atom. The van der Waals surface area contributed by atoms with E-state index in [1.165, 1.54) is 41.5 Å². The van der Waals surface area contributed by atoms with E-state index in [-0.39, 0.29) is 0 Å². The third kappa shape index (κ3) is 4.25. The number of aliphatic hydroxyl groups is 4. The quantitative estimate of drug-likeness (QED) is 0.308. The number of rotatable bonds is 4. The van der Waals surface area contributed by atoms with Crippen molar-refractivity contribution < 1.29 is 49.0 Å². The number of aliphatic hydroxyl groups excluding tert-OH is 3. The van der Waals surface area contributed by atoms with Crippen LogP contribution in [0.25, 0.3) is 0 Å². The Bertz CT molecular complexity index is 636. The van der Waals surface area contributed by atoms with Crippen LogP contribution in [-0.2, 0) is 28.6 Å². The molecule has 10 nitrogen and oxygen atoms in total. The molecule has 0 saturated heterocycles. The first kappa shape index (κ1) is 21.7. The lowest BCUT2D eigenvalue weighted by Crippen LogP contribution is -2.59. The molecule has 0 bridgehead atoms. The molecule has 0 aromatic rings. The van der Waals surface area contributed by atoms with E-state index >= 15 is 0 Å². The van der Waals surface area contributed by atoms with Crippen LogP contribution < -0.4 is 0 Å². The molecule has 26 heavy (non-hydrogen) atoms. The van der Waals surface area contributed by atoms with Gasteiger partial charge in [-0.05, 0) is 41.5 Å². The first-order chi connectivity index (χ1) is 11.5. The highest BCUT2D eigenvalue weighted by atomic mass is 16.7. The lowest BCUT2D eigenvalue weighted by molar-refractivity contribution is -0.333. The van der Waals surface area contributed by atoms with Crippen molar-refractivity contribution in [2.45, 2.75) is 59.7 Å². The van der Waals surface area contributed by atoms with E-state index in [9.17, 15) is 34.8 Å². The second-order valence-corrected chi connectivity index (χ2v) is 7.92. The van der Waals surface area contributed by atoms with Gasteiger partial charge in [0.1, 0.15) is 0 Å². The normalized spacial score (nSPS) is 21.7. The molecule has 0 saturated carbocycles. The molecular weight excluding hydrogens is 352 g/mol. The van der Waals surface area contributed by atoms with Crippen LogP contribution in [0.3, 0.4) is 0 Å². The van der Waals surface area contributed by atoms with Gasteiger partial charge in [-0.25, -0.2) is 4.79 Å². The standard InChI is InChI=1S/C16H24O10/c1-14(2,3)11(20)25-13(22)16(23,26-12(21)15(4,5)6)9-7(17)8(18)10(19)24-9/h9,13,17-18,22-23H,1-6H3/t9-,13?,16-/m0/s1. The Morgan fingerprint density at radius 3 is 1.85 bits per heavy atom. The van der Waals surface area contributed by atoms with Gasteiger partial charge in [-0.15, -0.1) is 0 Å². The highest BCUT2D eigenvalue weighted by Crippen LogP contribution is 2.34. The van der Waals surface area contributed by atoms with E-state index in [4.69, 9.17) is 9.47 Å². The van der Waals surface area contributed by atoms with Crippen molar-refractivity contribution in [1.29, 1.82) is 0 Å². The fourth-order valence-corrected chi connectivity index (χ4v) is 1.63. The zero-order valence-corrected chi connectivity index (χ0v) is 15.4. The molecule has 4 N–H and O–H groups in total. The van der Waals surface area contributed by atoms with Gasteiger partial charge in [0.2, 0.25) is 11.9 Å². The molecule has 10 heteroatoms. The monoisotopic (exact) mass is 376 g/mol. The highest BCUT2D eigenvalue weighted by Gasteiger charge is 2.59. The second kappa shape index (κ2) is 6.76. The van der Waals surface area contributed by atoms with Crippen molar-refractivity contribution in [3.63, 3.8) is 0 Å². The molecule has 0 aliphatic carbocycles. The molecule has 3 atom stereocenters. The van der Waals surface area contributed by atoms with Gasteiger partial charge in [0.25, 0.3) is 6.29 Å². The fourth-order valence-electron chi connectivity index (χ4n) is 1.63. The average molecular weight is 376 g/mol. The molecule has 1 aliphatic rings. The number of carbonyl (C=O) groups excluding carboxylic acids is 3. The Hall–Kier alpha value is -2.33. The number of esters is 3. The fraction of sp³-hybridized carbons (Fsp3) is 0.688. The van der Waals surface area contributed by atoms with Crippen LogP contribution in [0.2, 0.25) is 0 Å². The number of cyclic esters (lactones) is 1. The Balaban J connectivity index is 3.28. The van der Waals surface area contributed by atoms with Crippen molar-refractivity contribution in [3.05, 3.63) is 11.5 Å². The maximum absolute atomic E-state index is 12.2. The van der Waals surface area contributed by atoms with E-state index in [0.717, 1.165) is 0 Å². The van der Waals surface area contributed by atoms with Gasteiger partial charge in [0.15, 0.2) is 5.76 Å². The summed E-state index contributed by atoms with van der Waals surface area (Å²) in [5.41, 5.74) is -2.27. The summed E-state index contributed by atoms with van der Waals surface area (Å²) in [6, 6.07) is 0. The van der Waals surface area contributed by atoms with Gasteiger partial charge in [-0.3, -0.25) is 9.59 Å². The van der Waals surface area contributed by atoms with Crippen LogP contribution in [-0.4, -0.2) is 56.5 Å². The van der Waals surface area contributed by atoms with Crippen LogP contribution in [0.4, 0.5) is 0 Å². The zero-order valence-electron chi connectivity index (χ0n) is 15.4. The first-order valence-electron chi connectivity index (χ1n) is 7.70. The molecule has 1 rings (SSSR count). The molecule has 1 heterocycles. The summed E-state index contributed by atoms with van der Waals surface area (Å²) in [6.45, 7) is 8.66. The van der Waals surface area contributed by atoms with Crippen LogP contribution in [0, 0.1) is 10.8 Å². The highest BCUT2D eigenvalue weighted by molar-refractivity contribution is 5.89. The SMILES string of the molecule is CC(C)(C)C(=O)OC(O)[C@@](O)(OC(=O)C(C)(C)C)[C@H]1OC(=O)C(O)=C1O. The van der Waals surface area contributed by atoms with Gasteiger partial charge in [-0.2, -0.15) is 0 Å². The third-order valence-electron chi connectivity index (χ3n) is 3.34. The molecule has 1 aliphatic heterocycles. The van der Waals surface area contributed by atoms with Crippen molar-refractivity contribution in [2.24, 2.45) is 10.8 Å². The number of carbonyl (C=O) groups is 3. The van der Waals surface area contributed by atoms with Crippen molar-refractivity contribution in [3.8, 4) is 0 Å².